The van der Waals surface area contributed by atoms with Gasteiger partial charge in [0.15, 0.2) is 15.8 Å². The molecular weight excluding hydrogens is 446 g/mol. The number of hydrogen-bond acceptors (Lipinski definition) is 5. The molecule has 1 aliphatic rings. The first-order valence-corrected chi connectivity index (χ1v) is 8.37. The molecular formula is C13H17F3IN3O2S. The third kappa shape index (κ3) is 5.23. The molecule has 23 heavy (non-hydrogen) atoms. The molecule has 0 saturated carbocycles. The van der Waals surface area contributed by atoms with E-state index in [-0.39, 0.29) is 41.0 Å². The molecule has 0 atom stereocenters. The van der Waals surface area contributed by atoms with Gasteiger partial charge in [0.1, 0.15) is 0 Å². The minimum atomic E-state index is -4.60. The van der Waals surface area contributed by atoms with Gasteiger partial charge in [-0.05, 0) is 23.8 Å². The number of benzene rings is 1. The van der Waals surface area contributed by atoms with E-state index in [0.29, 0.717) is 18.6 Å². The largest absolute Gasteiger partial charge is 0.416 e. The summed E-state index contributed by atoms with van der Waals surface area (Å²) in [6.45, 7) is 1.42. The minimum Gasteiger partial charge on any atom is -0.352 e. The van der Waals surface area contributed by atoms with Crippen LogP contribution in [0.3, 0.4) is 0 Å². The second-order valence-electron chi connectivity index (χ2n) is 5.12. The van der Waals surface area contributed by atoms with Crippen LogP contribution in [0.2, 0.25) is 0 Å². The maximum atomic E-state index is 12.9. The van der Waals surface area contributed by atoms with Crippen molar-refractivity contribution >= 4 is 39.8 Å². The summed E-state index contributed by atoms with van der Waals surface area (Å²) in [5.74, 6) is 0.582. The van der Waals surface area contributed by atoms with Crippen molar-refractivity contribution in [1.29, 1.82) is 0 Å². The molecule has 2 rings (SSSR count). The van der Waals surface area contributed by atoms with Gasteiger partial charge in [0, 0.05) is 26.4 Å². The number of aliphatic imine (C=N–C) groups is 1. The number of hydrogen-bond donors (Lipinski definition) is 1. The topological polar surface area (TPSA) is 61.8 Å². The summed E-state index contributed by atoms with van der Waals surface area (Å²) in [6, 6.07) is 2.84. The number of halogens is 4. The van der Waals surface area contributed by atoms with E-state index in [1.165, 1.54) is 6.07 Å². The summed E-state index contributed by atoms with van der Waals surface area (Å²) in [5.41, 5.74) is -0.743. The number of guanidine groups is 1. The highest BCUT2D eigenvalue weighted by atomic mass is 127. The van der Waals surface area contributed by atoms with E-state index < -0.39 is 21.6 Å². The van der Waals surface area contributed by atoms with Gasteiger partial charge in [-0.25, -0.2) is 8.42 Å². The van der Waals surface area contributed by atoms with Crippen LogP contribution in [0.1, 0.15) is 11.1 Å². The molecule has 1 aromatic rings. The predicted molar refractivity (Wildman–Crippen MR) is 91.7 cm³/mol. The molecule has 130 valence electrons. The molecule has 0 bridgehead atoms. The zero-order valence-corrected chi connectivity index (χ0v) is 15.7. The molecule has 0 spiro atoms. The molecule has 0 fully saturated rings. The molecule has 5 nitrogen and oxygen atoms in total. The molecule has 0 aromatic heterocycles. The number of rotatable bonds is 3. The fourth-order valence-corrected chi connectivity index (χ4v) is 2.75. The van der Waals surface area contributed by atoms with E-state index in [9.17, 15) is 21.6 Å². The van der Waals surface area contributed by atoms with Crippen molar-refractivity contribution in [3.05, 3.63) is 29.3 Å². The van der Waals surface area contributed by atoms with Crippen molar-refractivity contribution in [3.63, 3.8) is 0 Å². The highest BCUT2D eigenvalue weighted by Gasteiger charge is 2.32. The average Bonchev–Trinajstić information content (AvgIpc) is 2.79. The Balaban J connectivity index is 0.00000264. The van der Waals surface area contributed by atoms with E-state index in [2.05, 4.69) is 10.3 Å². The molecule has 0 radical (unpaired) electrons. The number of sulfone groups is 1. The van der Waals surface area contributed by atoms with Gasteiger partial charge in [0.25, 0.3) is 0 Å². The van der Waals surface area contributed by atoms with Crippen molar-refractivity contribution < 1.29 is 21.6 Å². The van der Waals surface area contributed by atoms with Gasteiger partial charge in [-0.15, -0.1) is 24.0 Å². The van der Waals surface area contributed by atoms with Gasteiger partial charge in [0.05, 0.1) is 17.0 Å². The number of nitrogens with one attached hydrogen (secondary N) is 1. The molecule has 0 unspecified atom stereocenters. The van der Waals surface area contributed by atoms with E-state index in [1.54, 1.807) is 0 Å². The highest BCUT2D eigenvalue weighted by molar-refractivity contribution is 14.0. The Labute approximate surface area is 149 Å². The molecule has 0 aliphatic carbocycles. The molecule has 0 saturated heterocycles. The van der Waals surface area contributed by atoms with Crippen LogP contribution in [-0.2, 0) is 22.6 Å². The standard InChI is InChI=1S/C13H16F3N3O2S.HI/c1-19-4-3-17-12(19)18-8-9-5-10(13(14,15)16)7-11(6-9)22(2,20)21;/h5-7H,3-4,8H2,1-2H3,(H,17,18);1H. The SMILES string of the molecule is CN1CCN=C1NCc1cc(C(F)(F)F)cc(S(C)(=O)=O)c1.I. The summed E-state index contributed by atoms with van der Waals surface area (Å²) in [6.07, 6.45) is -3.72. The van der Waals surface area contributed by atoms with E-state index in [1.807, 2.05) is 11.9 Å². The van der Waals surface area contributed by atoms with Crippen molar-refractivity contribution in [2.75, 3.05) is 26.4 Å². The second kappa shape index (κ2) is 7.24. The molecule has 1 N–H and O–H groups in total. The quantitative estimate of drug-likeness (QED) is 0.698. The first kappa shape index (κ1) is 20.0. The predicted octanol–water partition coefficient (Wildman–Crippen LogP) is 2.12. The Kier molecular flexibility index (Phi) is 6.30. The van der Waals surface area contributed by atoms with Crippen LogP contribution in [0.5, 0.6) is 0 Å². The van der Waals surface area contributed by atoms with Crippen molar-refractivity contribution in [2.45, 2.75) is 17.6 Å². The van der Waals surface area contributed by atoms with E-state index in [4.69, 9.17) is 0 Å². The lowest BCUT2D eigenvalue weighted by Crippen LogP contribution is -2.35. The summed E-state index contributed by atoms with van der Waals surface area (Å²) in [7, 11) is -1.91. The zero-order valence-electron chi connectivity index (χ0n) is 12.5. The first-order chi connectivity index (χ1) is 10.1. The third-order valence-electron chi connectivity index (χ3n) is 3.23. The summed E-state index contributed by atoms with van der Waals surface area (Å²) in [4.78, 5) is 5.66. The fourth-order valence-electron chi connectivity index (χ4n) is 2.05. The Morgan fingerprint density at radius 2 is 1.96 bits per heavy atom. The number of alkyl halides is 3. The monoisotopic (exact) mass is 463 g/mol. The van der Waals surface area contributed by atoms with Gasteiger partial charge in [0.2, 0.25) is 0 Å². The lowest BCUT2D eigenvalue weighted by atomic mass is 10.1. The van der Waals surface area contributed by atoms with Crippen LogP contribution in [0.25, 0.3) is 0 Å². The highest BCUT2D eigenvalue weighted by Crippen LogP contribution is 2.31. The van der Waals surface area contributed by atoms with Gasteiger partial charge >= 0.3 is 6.18 Å². The minimum absolute atomic E-state index is 0. The lowest BCUT2D eigenvalue weighted by molar-refractivity contribution is -0.137. The fraction of sp³-hybridized carbons (Fsp3) is 0.462. The van der Waals surface area contributed by atoms with Gasteiger partial charge in [-0.2, -0.15) is 13.2 Å². The Hall–Kier alpha value is -1.04. The van der Waals surface area contributed by atoms with Crippen LogP contribution in [-0.4, -0.2) is 45.7 Å². The van der Waals surface area contributed by atoms with E-state index >= 15 is 0 Å². The summed E-state index contributed by atoms with van der Waals surface area (Å²) < 4.78 is 61.8. The smallest absolute Gasteiger partial charge is 0.352 e. The molecule has 10 heteroatoms. The zero-order chi connectivity index (χ0) is 16.5. The van der Waals surface area contributed by atoms with Crippen molar-refractivity contribution in [3.8, 4) is 0 Å². The van der Waals surface area contributed by atoms with Gasteiger partial charge in [-0.1, -0.05) is 0 Å². The van der Waals surface area contributed by atoms with Crippen molar-refractivity contribution in [2.24, 2.45) is 4.99 Å². The third-order valence-corrected chi connectivity index (χ3v) is 4.32. The molecule has 1 heterocycles. The van der Waals surface area contributed by atoms with E-state index in [0.717, 1.165) is 18.9 Å². The summed E-state index contributed by atoms with van der Waals surface area (Å²) >= 11 is 0. The second-order valence-corrected chi connectivity index (χ2v) is 7.13. The Bertz CT molecular complexity index is 705. The van der Waals surface area contributed by atoms with Gasteiger partial charge in [-0.3, -0.25) is 4.99 Å². The summed E-state index contributed by atoms with van der Waals surface area (Å²) in [5, 5.41) is 2.92. The van der Waals surface area contributed by atoms with Crippen LogP contribution in [0.15, 0.2) is 28.1 Å². The van der Waals surface area contributed by atoms with Crippen LogP contribution in [0, 0.1) is 0 Å². The first-order valence-electron chi connectivity index (χ1n) is 6.48. The number of nitrogens with zero attached hydrogens (tertiary/aromatic N) is 2. The van der Waals surface area contributed by atoms with Crippen molar-refractivity contribution in [1.82, 2.24) is 10.2 Å². The maximum Gasteiger partial charge on any atom is 0.416 e. The molecule has 1 aliphatic heterocycles. The van der Waals surface area contributed by atoms with Crippen LogP contribution < -0.4 is 5.32 Å². The lowest BCUT2D eigenvalue weighted by Gasteiger charge is -2.16. The van der Waals surface area contributed by atoms with Gasteiger partial charge < -0.3 is 10.2 Å². The number of likely N-dealkylation sites (N-methyl/N-ethyl adjacent to an activating group) is 1. The van der Waals surface area contributed by atoms with Crippen LogP contribution >= 0.6 is 24.0 Å². The average molecular weight is 463 g/mol. The Morgan fingerprint density at radius 1 is 1.30 bits per heavy atom. The molecule has 1 aromatic carbocycles. The maximum absolute atomic E-state index is 12.9. The normalized spacial score (nSPS) is 15.2. The van der Waals surface area contributed by atoms with Crippen LogP contribution in [0.4, 0.5) is 13.2 Å². The molecule has 0 amide bonds. The Morgan fingerprint density at radius 3 is 2.43 bits per heavy atom.